The molecule has 8 nitrogen and oxygen atoms in total. The monoisotopic (exact) mass is 571 g/mol. The number of hydrogen-bond donors (Lipinski definition) is 3. The molecule has 1 amide bonds. The highest BCUT2D eigenvalue weighted by molar-refractivity contribution is 6.31. The number of carbonyl (C=O) groups excluding carboxylic acids is 3. The van der Waals surface area contributed by atoms with Crippen molar-refractivity contribution in [1.29, 1.82) is 0 Å². The van der Waals surface area contributed by atoms with Crippen LogP contribution in [0.2, 0.25) is 10.0 Å². The van der Waals surface area contributed by atoms with Crippen molar-refractivity contribution in [3.63, 3.8) is 0 Å². The average Bonchev–Trinajstić information content (AvgIpc) is 3.41. The molecule has 0 aliphatic carbocycles. The van der Waals surface area contributed by atoms with Crippen molar-refractivity contribution in [2.75, 3.05) is 25.3 Å². The standard InChI is InChI=1S/C28H24Cl2FN3O5/c1-38-25-17(26(36)39-2)8-7-16(24(25)32)22(35)12-14-11-19(15-4-3-5-20(30)23(15)31)28(34-14)18-9-6-13(29)10-21(18)33-27(28)37/h3-10,14,19,34H,11-12,32H2,1-2H3,(H,33,37)/t14-,19?,28-/m1/s1. The molecule has 2 heterocycles. The molecule has 0 bridgehead atoms. The van der Waals surface area contributed by atoms with Gasteiger partial charge in [0.05, 0.1) is 24.9 Å². The van der Waals surface area contributed by atoms with E-state index >= 15 is 4.39 Å². The second-order valence-corrected chi connectivity index (χ2v) is 10.3. The number of ether oxygens (including phenoxy) is 2. The molecule has 5 rings (SSSR count). The molecule has 0 aromatic heterocycles. The highest BCUT2D eigenvalue weighted by Crippen LogP contribution is 2.53. The summed E-state index contributed by atoms with van der Waals surface area (Å²) in [5.74, 6) is -2.68. The minimum Gasteiger partial charge on any atom is -0.494 e. The van der Waals surface area contributed by atoms with Crippen LogP contribution in [0, 0.1) is 5.82 Å². The minimum atomic E-state index is -1.37. The van der Waals surface area contributed by atoms with E-state index in [1.807, 2.05) is 0 Å². The highest BCUT2D eigenvalue weighted by Gasteiger charge is 2.58. The number of benzene rings is 3. The lowest BCUT2D eigenvalue weighted by atomic mass is 9.76. The first-order chi connectivity index (χ1) is 18.6. The molecule has 11 heteroatoms. The van der Waals surface area contributed by atoms with Crippen LogP contribution in [0.1, 0.15) is 50.6 Å². The Bertz CT molecular complexity index is 1530. The number of methoxy groups -OCH3 is 2. The first-order valence-corrected chi connectivity index (χ1v) is 12.8. The number of esters is 1. The number of hydrogen-bond acceptors (Lipinski definition) is 7. The maximum Gasteiger partial charge on any atom is 0.341 e. The van der Waals surface area contributed by atoms with Crippen molar-refractivity contribution < 1.29 is 28.2 Å². The lowest BCUT2D eigenvalue weighted by molar-refractivity contribution is -0.122. The number of nitrogens with two attached hydrogens (primary N) is 1. The van der Waals surface area contributed by atoms with Crippen LogP contribution in [0.25, 0.3) is 0 Å². The molecule has 0 saturated carbocycles. The summed E-state index contributed by atoms with van der Waals surface area (Å²) in [6.07, 6.45) is 0.178. The molecule has 1 fully saturated rings. The molecule has 39 heavy (non-hydrogen) atoms. The number of nitrogen functional groups attached to an aromatic ring is 1. The topological polar surface area (TPSA) is 120 Å². The molecule has 0 radical (unpaired) electrons. The molecule has 1 unspecified atom stereocenters. The third kappa shape index (κ3) is 4.30. The van der Waals surface area contributed by atoms with Gasteiger partial charge in [-0.05, 0) is 42.3 Å². The number of fused-ring (bicyclic) bond motifs is 2. The van der Waals surface area contributed by atoms with E-state index in [4.69, 9.17) is 38.4 Å². The van der Waals surface area contributed by atoms with E-state index in [-0.39, 0.29) is 57.7 Å². The molecular formula is C28H24Cl2FN3O5. The van der Waals surface area contributed by atoms with Crippen molar-refractivity contribution in [3.05, 3.63) is 86.6 Å². The smallest absolute Gasteiger partial charge is 0.341 e. The second-order valence-electron chi connectivity index (χ2n) is 9.45. The predicted octanol–water partition coefficient (Wildman–Crippen LogP) is 5.08. The van der Waals surface area contributed by atoms with Crippen LogP contribution in [-0.4, -0.2) is 37.9 Å². The zero-order valence-corrected chi connectivity index (χ0v) is 22.5. The van der Waals surface area contributed by atoms with Gasteiger partial charge in [0.25, 0.3) is 0 Å². The average molecular weight is 572 g/mol. The number of amides is 1. The van der Waals surface area contributed by atoms with E-state index in [1.165, 1.54) is 32.4 Å². The van der Waals surface area contributed by atoms with Gasteiger partial charge in [0, 0.05) is 40.2 Å². The fourth-order valence-corrected chi connectivity index (χ4v) is 6.04. The number of nitrogens with one attached hydrogen (secondary N) is 2. The summed E-state index contributed by atoms with van der Waals surface area (Å²) in [6, 6.07) is 12.0. The quantitative estimate of drug-likeness (QED) is 0.214. The molecule has 3 atom stereocenters. The molecule has 3 aromatic carbocycles. The van der Waals surface area contributed by atoms with E-state index in [0.29, 0.717) is 16.3 Å². The fourth-order valence-electron chi connectivity index (χ4n) is 5.69. The van der Waals surface area contributed by atoms with Crippen LogP contribution < -0.4 is 21.1 Å². The SMILES string of the molecule is COC(=O)c1ccc(C(=O)C[C@H]2CC(c3cccc(Cl)c3F)[C@@]3(N2)C(=O)Nc2cc(Cl)ccc23)c(N)c1OC. The summed E-state index contributed by atoms with van der Waals surface area (Å²) < 4.78 is 25.4. The lowest BCUT2D eigenvalue weighted by Gasteiger charge is -2.30. The van der Waals surface area contributed by atoms with E-state index in [2.05, 4.69) is 10.6 Å². The number of carbonyl (C=O) groups is 3. The van der Waals surface area contributed by atoms with E-state index in [1.54, 1.807) is 30.3 Å². The van der Waals surface area contributed by atoms with E-state index in [9.17, 15) is 14.4 Å². The maximum atomic E-state index is 15.3. The van der Waals surface area contributed by atoms with E-state index < -0.39 is 29.3 Å². The Kier molecular flexibility index (Phi) is 7.00. The highest BCUT2D eigenvalue weighted by atomic mass is 35.5. The third-order valence-electron chi connectivity index (χ3n) is 7.38. The molecule has 202 valence electrons. The Hall–Kier alpha value is -3.66. The van der Waals surface area contributed by atoms with Crippen LogP contribution in [0.15, 0.2) is 48.5 Å². The number of Topliss-reactive ketones (excluding diaryl/α,β-unsaturated/α-hetero) is 1. The van der Waals surface area contributed by atoms with Crippen LogP contribution in [0.3, 0.4) is 0 Å². The van der Waals surface area contributed by atoms with Crippen molar-refractivity contribution in [1.82, 2.24) is 5.32 Å². The van der Waals surface area contributed by atoms with Crippen LogP contribution >= 0.6 is 23.2 Å². The van der Waals surface area contributed by atoms with Crippen molar-refractivity contribution >= 4 is 52.2 Å². The molecule has 2 aliphatic heterocycles. The van der Waals surface area contributed by atoms with Gasteiger partial charge in [0.15, 0.2) is 11.5 Å². The largest absolute Gasteiger partial charge is 0.494 e. The predicted molar refractivity (Wildman–Crippen MR) is 145 cm³/mol. The van der Waals surface area contributed by atoms with Gasteiger partial charge in [0.1, 0.15) is 16.9 Å². The Labute approximate surface area is 233 Å². The minimum absolute atomic E-state index is 0.00542. The van der Waals surface area contributed by atoms with Crippen molar-refractivity contribution in [3.8, 4) is 5.75 Å². The lowest BCUT2D eigenvalue weighted by Crippen LogP contribution is -2.49. The Morgan fingerprint density at radius 3 is 2.59 bits per heavy atom. The summed E-state index contributed by atoms with van der Waals surface area (Å²) in [5.41, 5.74) is 6.44. The number of anilines is 2. The zero-order valence-electron chi connectivity index (χ0n) is 20.9. The normalized spacial score (nSPS) is 21.5. The first kappa shape index (κ1) is 26.9. The van der Waals surface area contributed by atoms with Gasteiger partial charge in [-0.2, -0.15) is 0 Å². The van der Waals surface area contributed by atoms with Crippen LogP contribution in [0.5, 0.6) is 5.75 Å². The molecule has 4 N–H and O–H groups in total. The zero-order chi connectivity index (χ0) is 28.1. The Morgan fingerprint density at radius 2 is 1.87 bits per heavy atom. The Morgan fingerprint density at radius 1 is 1.13 bits per heavy atom. The van der Waals surface area contributed by atoms with Crippen molar-refractivity contribution in [2.24, 2.45) is 0 Å². The summed E-state index contributed by atoms with van der Waals surface area (Å²) in [7, 11) is 2.56. The summed E-state index contributed by atoms with van der Waals surface area (Å²) in [5, 5.41) is 6.56. The molecule has 1 saturated heterocycles. The fraction of sp³-hybridized carbons (Fsp3) is 0.250. The summed E-state index contributed by atoms with van der Waals surface area (Å²) in [4.78, 5) is 39.1. The van der Waals surface area contributed by atoms with Gasteiger partial charge in [-0.1, -0.05) is 41.4 Å². The van der Waals surface area contributed by atoms with Gasteiger partial charge in [-0.15, -0.1) is 0 Å². The number of ketones is 1. The Balaban J connectivity index is 1.54. The van der Waals surface area contributed by atoms with Gasteiger partial charge in [-0.3, -0.25) is 14.9 Å². The van der Waals surface area contributed by atoms with Crippen LogP contribution in [-0.2, 0) is 15.1 Å². The summed E-state index contributed by atoms with van der Waals surface area (Å²) in [6.45, 7) is 0. The van der Waals surface area contributed by atoms with Gasteiger partial charge < -0.3 is 20.5 Å². The van der Waals surface area contributed by atoms with Crippen molar-refractivity contribution in [2.45, 2.75) is 30.3 Å². The van der Waals surface area contributed by atoms with Crippen LogP contribution in [0.4, 0.5) is 15.8 Å². The first-order valence-electron chi connectivity index (χ1n) is 12.0. The molecular weight excluding hydrogens is 548 g/mol. The number of rotatable bonds is 6. The number of halogens is 3. The second kappa shape index (κ2) is 10.1. The molecule has 3 aromatic rings. The maximum absolute atomic E-state index is 15.3. The third-order valence-corrected chi connectivity index (χ3v) is 7.91. The van der Waals surface area contributed by atoms with Gasteiger partial charge >= 0.3 is 5.97 Å². The van der Waals surface area contributed by atoms with E-state index in [0.717, 1.165) is 0 Å². The summed E-state index contributed by atoms with van der Waals surface area (Å²) >= 11 is 12.3. The molecule has 1 spiro atoms. The molecule has 2 aliphatic rings. The van der Waals surface area contributed by atoms with Gasteiger partial charge in [0.2, 0.25) is 5.91 Å². The van der Waals surface area contributed by atoms with Gasteiger partial charge in [-0.25, -0.2) is 9.18 Å².